The Morgan fingerprint density at radius 2 is 1.70 bits per heavy atom. The second-order valence-corrected chi connectivity index (χ2v) is 4.62. The van der Waals surface area contributed by atoms with E-state index in [2.05, 4.69) is 48.3 Å². The van der Waals surface area contributed by atoms with Crippen molar-refractivity contribution in [2.45, 2.75) is 20.4 Å². The van der Waals surface area contributed by atoms with Crippen LogP contribution in [-0.4, -0.2) is 46.6 Å². The average molecular weight is 280 g/mol. The first-order valence-corrected chi connectivity index (χ1v) is 7.43. The maximum absolute atomic E-state index is 5.40. The van der Waals surface area contributed by atoms with Crippen LogP contribution < -0.4 is 10.2 Å². The van der Waals surface area contributed by atoms with Gasteiger partial charge in [0.1, 0.15) is 0 Å². The van der Waals surface area contributed by atoms with E-state index in [0.717, 1.165) is 32.8 Å². The highest BCUT2D eigenvalue weighted by atomic mass is 16.5. The largest absolute Gasteiger partial charge is 0.382 e. The normalized spacial score (nSPS) is 10.8. The Morgan fingerprint density at radius 3 is 2.30 bits per heavy atom. The molecule has 1 aromatic rings. The van der Waals surface area contributed by atoms with Crippen LogP contribution in [0.15, 0.2) is 24.3 Å². The number of ether oxygens (including phenoxy) is 2. The maximum atomic E-state index is 5.40. The van der Waals surface area contributed by atoms with Crippen molar-refractivity contribution in [1.29, 1.82) is 0 Å². The number of hydrogen-bond donors (Lipinski definition) is 1. The molecule has 0 fully saturated rings. The van der Waals surface area contributed by atoms with E-state index < -0.39 is 0 Å². The Balaban J connectivity index is 2.21. The van der Waals surface area contributed by atoms with Gasteiger partial charge in [0.2, 0.25) is 0 Å². The second-order valence-electron chi connectivity index (χ2n) is 4.62. The summed E-state index contributed by atoms with van der Waals surface area (Å²) in [7, 11) is 1.68. The number of nitrogens with one attached hydrogen (secondary N) is 1. The van der Waals surface area contributed by atoms with E-state index in [0.29, 0.717) is 13.2 Å². The Kier molecular flexibility index (Phi) is 9.04. The van der Waals surface area contributed by atoms with E-state index in [1.807, 2.05) is 0 Å². The van der Waals surface area contributed by atoms with Crippen molar-refractivity contribution in [3.63, 3.8) is 0 Å². The van der Waals surface area contributed by atoms with E-state index in [-0.39, 0.29) is 0 Å². The van der Waals surface area contributed by atoms with Crippen LogP contribution in [0.25, 0.3) is 0 Å². The van der Waals surface area contributed by atoms with Crippen molar-refractivity contribution < 1.29 is 9.47 Å². The lowest BCUT2D eigenvalue weighted by Gasteiger charge is -2.21. The number of anilines is 1. The summed E-state index contributed by atoms with van der Waals surface area (Å²) in [5, 5.41) is 3.38. The van der Waals surface area contributed by atoms with Gasteiger partial charge >= 0.3 is 0 Å². The third kappa shape index (κ3) is 6.37. The van der Waals surface area contributed by atoms with Crippen LogP contribution in [0.2, 0.25) is 0 Å². The fourth-order valence-electron chi connectivity index (χ4n) is 2.03. The Morgan fingerprint density at radius 1 is 1.00 bits per heavy atom. The lowest BCUT2D eigenvalue weighted by Crippen LogP contribution is -2.22. The second kappa shape index (κ2) is 10.7. The number of methoxy groups -OCH3 is 1. The Labute approximate surface area is 123 Å². The zero-order valence-electron chi connectivity index (χ0n) is 13.0. The van der Waals surface area contributed by atoms with Crippen LogP contribution in [0.5, 0.6) is 0 Å². The van der Waals surface area contributed by atoms with Gasteiger partial charge in [0.25, 0.3) is 0 Å². The molecule has 0 saturated carbocycles. The molecule has 4 heteroatoms. The first-order chi connectivity index (χ1) is 9.81. The summed E-state index contributed by atoms with van der Waals surface area (Å²) in [4.78, 5) is 2.35. The molecule has 0 spiro atoms. The molecule has 0 aliphatic rings. The molecule has 0 aliphatic heterocycles. The van der Waals surface area contributed by atoms with Crippen molar-refractivity contribution in [1.82, 2.24) is 5.32 Å². The van der Waals surface area contributed by atoms with E-state index in [1.165, 1.54) is 11.3 Å². The van der Waals surface area contributed by atoms with Crippen molar-refractivity contribution >= 4 is 5.69 Å². The van der Waals surface area contributed by atoms with Crippen LogP contribution in [0.1, 0.15) is 19.4 Å². The van der Waals surface area contributed by atoms with E-state index in [1.54, 1.807) is 7.11 Å². The van der Waals surface area contributed by atoms with Gasteiger partial charge in [-0.2, -0.15) is 0 Å². The standard InChI is InChI=1S/C16H28N2O2/c1-4-18(5-2)16-8-6-15(7-9-16)14-17-10-11-20-13-12-19-3/h6-9,17H,4-5,10-14H2,1-3H3. The third-order valence-corrected chi connectivity index (χ3v) is 3.25. The Hall–Kier alpha value is -1.10. The van der Waals surface area contributed by atoms with Gasteiger partial charge in [-0.1, -0.05) is 12.1 Å². The molecule has 1 aromatic carbocycles. The summed E-state index contributed by atoms with van der Waals surface area (Å²) >= 11 is 0. The predicted molar refractivity (Wildman–Crippen MR) is 84.4 cm³/mol. The monoisotopic (exact) mass is 280 g/mol. The smallest absolute Gasteiger partial charge is 0.0700 e. The molecular weight excluding hydrogens is 252 g/mol. The number of benzene rings is 1. The van der Waals surface area contributed by atoms with E-state index in [9.17, 15) is 0 Å². The molecule has 0 unspecified atom stereocenters. The van der Waals surface area contributed by atoms with Gasteiger partial charge in [0.15, 0.2) is 0 Å². The number of rotatable bonds is 11. The highest BCUT2D eigenvalue weighted by Gasteiger charge is 2.01. The first-order valence-electron chi connectivity index (χ1n) is 7.43. The van der Waals surface area contributed by atoms with Gasteiger partial charge in [-0.05, 0) is 31.5 Å². The van der Waals surface area contributed by atoms with Crippen LogP contribution >= 0.6 is 0 Å². The van der Waals surface area contributed by atoms with Crippen molar-refractivity contribution in [3.05, 3.63) is 29.8 Å². The fourth-order valence-corrected chi connectivity index (χ4v) is 2.03. The average Bonchev–Trinajstić information content (AvgIpc) is 2.49. The minimum Gasteiger partial charge on any atom is -0.382 e. The van der Waals surface area contributed by atoms with Gasteiger partial charge in [0.05, 0.1) is 19.8 Å². The molecule has 0 saturated heterocycles. The minimum atomic E-state index is 0.660. The summed E-state index contributed by atoms with van der Waals surface area (Å²) < 4.78 is 10.3. The quantitative estimate of drug-likeness (QED) is 0.631. The molecule has 0 aliphatic carbocycles. The molecule has 0 atom stereocenters. The molecule has 0 heterocycles. The van der Waals surface area contributed by atoms with Crippen LogP contribution in [0.4, 0.5) is 5.69 Å². The van der Waals surface area contributed by atoms with Gasteiger partial charge in [-0.3, -0.25) is 0 Å². The molecule has 1 rings (SSSR count). The van der Waals surface area contributed by atoms with E-state index >= 15 is 0 Å². The highest BCUT2D eigenvalue weighted by molar-refractivity contribution is 5.47. The molecule has 20 heavy (non-hydrogen) atoms. The van der Waals surface area contributed by atoms with Crippen molar-refractivity contribution in [2.24, 2.45) is 0 Å². The zero-order chi connectivity index (χ0) is 14.6. The number of nitrogens with zero attached hydrogens (tertiary/aromatic N) is 1. The number of hydrogen-bond acceptors (Lipinski definition) is 4. The molecule has 0 radical (unpaired) electrons. The lowest BCUT2D eigenvalue weighted by molar-refractivity contribution is 0.0719. The maximum Gasteiger partial charge on any atom is 0.0700 e. The van der Waals surface area contributed by atoms with Crippen molar-refractivity contribution in [2.75, 3.05) is 51.5 Å². The molecule has 1 N–H and O–H groups in total. The van der Waals surface area contributed by atoms with Gasteiger partial charge < -0.3 is 19.7 Å². The van der Waals surface area contributed by atoms with E-state index in [4.69, 9.17) is 9.47 Å². The molecule has 114 valence electrons. The van der Waals surface area contributed by atoms with Crippen LogP contribution in [-0.2, 0) is 16.0 Å². The summed E-state index contributed by atoms with van der Waals surface area (Å²) in [6.07, 6.45) is 0. The zero-order valence-corrected chi connectivity index (χ0v) is 13.0. The summed E-state index contributed by atoms with van der Waals surface area (Å²) in [5.74, 6) is 0. The summed E-state index contributed by atoms with van der Waals surface area (Å²) in [6, 6.07) is 8.76. The molecular formula is C16H28N2O2. The Bertz CT molecular complexity index is 337. The van der Waals surface area contributed by atoms with Gasteiger partial charge in [0, 0.05) is 39.0 Å². The summed E-state index contributed by atoms with van der Waals surface area (Å²) in [6.45, 7) is 10.3. The van der Waals surface area contributed by atoms with Crippen molar-refractivity contribution in [3.8, 4) is 0 Å². The fraction of sp³-hybridized carbons (Fsp3) is 0.625. The highest BCUT2D eigenvalue weighted by Crippen LogP contribution is 2.14. The lowest BCUT2D eigenvalue weighted by atomic mass is 10.2. The van der Waals surface area contributed by atoms with Gasteiger partial charge in [-0.15, -0.1) is 0 Å². The SMILES string of the molecule is CCN(CC)c1ccc(CNCCOCCOC)cc1. The minimum absolute atomic E-state index is 0.660. The molecule has 4 nitrogen and oxygen atoms in total. The first kappa shape index (κ1) is 17.0. The summed E-state index contributed by atoms with van der Waals surface area (Å²) in [5.41, 5.74) is 2.60. The van der Waals surface area contributed by atoms with Gasteiger partial charge in [-0.25, -0.2) is 0 Å². The van der Waals surface area contributed by atoms with Crippen LogP contribution in [0, 0.1) is 0 Å². The molecule has 0 aromatic heterocycles. The molecule has 0 bridgehead atoms. The van der Waals surface area contributed by atoms with Crippen LogP contribution in [0.3, 0.4) is 0 Å². The topological polar surface area (TPSA) is 33.7 Å². The third-order valence-electron chi connectivity index (χ3n) is 3.25. The molecule has 0 amide bonds. The predicted octanol–water partition coefficient (Wildman–Crippen LogP) is 2.29.